The van der Waals surface area contributed by atoms with Gasteiger partial charge in [-0.3, -0.25) is 0 Å². The molecule has 5 heteroatoms. The second-order valence-corrected chi connectivity index (χ2v) is 7.19. The van der Waals surface area contributed by atoms with Crippen molar-refractivity contribution >= 4 is 11.8 Å². The number of benzene rings is 1. The molecule has 0 radical (unpaired) electrons. The summed E-state index contributed by atoms with van der Waals surface area (Å²) in [5, 5.41) is 0. The Hall–Kier alpha value is -2.14. The number of anilines is 2. The summed E-state index contributed by atoms with van der Waals surface area (Å²) in [7, 11) is 0. The Morgan fingerprint density at radius 2 is 1.56 bits per heavy atom. The van der Waals surface area contributed by atoms with E-state index in [1.54, 1.807) is 0 Å². The van der Waals surface area contributed by atoms with Gasteiger partial charge in [-0.1, -0.05) is 51.1 Å². The molecule has 146 valence electrons. The van der Waals surface area contributed by atoms with Crippen LogP contribution in [0.5, 0.6) is 0 Å². The lowest BCUT2D eigenvalue weighted by Crippen LogP contribution is -2.46. The topological polar surface area (TPSA) is 35.5 Å². The van der Waals surface area contributed by atoms with E-state index in [1.807, 2.05) is 0 Å². The molecule has 0 atom stereocenters. The number of rotatable bonds is 8. The molecule has 0 bridgehead atoms. The van der Waals surface area contributed by atoms with Crippen LogP contribution in [0.15, 0.2) is 36.4 Å². The number of piperazine rings is 1. The maximum absolute atomic E-state index is 4.99. The molecule has 1 aromatic carbocycles. The van der Waals surface area contributed by atoms with Gasteiger partial charge in [0.1, 0.15) is 5.82 Å². The van der Waals surface area contributed by atoms with Gasteiger partial charge in [-0.15, -0.1) is 0 Å². The molecule has 0 amide bonds. The summed E-state index contributed by atoms with van der Waals surface area (Å²) in [5.74, 6) is 1.93. The third-order valence-electron chi connectivity index (χ3n) is 5.18. The van der Waals surface area contributed by atoms with Crippen molar-refractivity contribution in [1.82, 2.24) is 14.9 Å². The van der Waals surface area contributed by atoms with Crippen LogP contribution in [-0.2, 0) is 0 Å². The Kier molecular flexibility index (Phi) is 7.04. The Labute approximate surface area is 164 Å². The second kappa shape index (κ2) is 9.70. The lowest BCUT2D eigenvalue weighted by atomic mass is 10.1. The highest BCUT2D eigenvalue weighted by Gasteiger charge is 2.20. The monoisotopic (exact) mass is 367 g/mol. The van der Waals surface area contributed by atoms with E-state index >= 15 is 0 Å². The van der Waals surface area contributed by atoms with Crippen molar-refractivity contribution in [2.75, 3.05) is 55.6 Å². The quantitative estimate of drug-likeness (QED) is 0.707. The van der Waals surface area contributed by atoms with Crippen LogP contribution in [0.2, 0.25) is 0 Å². The minimum Gasteiger partial charge on any atom is -0.356 e. The minimum absolute atomic E-state index is 0.874. The molecule has 0 spiro atoms. The first-order valence-electron chi connectivity index (χ1n) is 10.4. The van der Waals surface area contributed by atoms with E-state index in [2.05, 4.69) is 71.9 Å². The summed E-state index contributed by atoms with van der Waals surface area (Å²) >= 11 is 0. The van der Waals surface area contributed by atoms with E-state index in [1.165, 1.54) is 0 Å². The first-order valence-corrected chi connectivity index (χ1v) is 10.4. The Balaban J connectivity index is 1.95. The molecule has 1 fully saturated rings. The smallest absolute Gasteiger partial charge is 0.227 e. The number of likely N-dealkylation sites (N-methyl/N-ethyl adjacent to an activating group) is 1. The maximum Gasteiger partial charge on any atom is 0.227 e. The number of hydrogen-bond acceptors (Lipinski definition) is 5. The van der Waals surface area contributed by atoms with Crippen LogP contribution in [0.4, 0.5) is 11.8 Å². The van der Waals surface area contributed by atoms with Gasteiger partial charge >= 0.3 is 0 Å². The van der Waals surface area contributed by atoms with Crippen LogP contribution in [0.3, 0.4) is 0 Å². The lowest BCUT2D eigenvalue weighted by molar-refractivity contribution is 0.270. The normalized spacial score (nSPS) is 15.1. The summed E-state index contributed by atoms with van der Waals surface area (Å²) in [4.78, 5) is 17.2. The molecule has 0 N–H and O–H groups in total. The van der Waals surface area contributed by atoms with Gasteiger partial charge in [0.05, 0.1) is 5.69 Å². The highest BCUT2D eigenvalue weighted by Crippen LogP contribution is 2.26. The molecular weight excluding hydrogens is 334 g/mol. The van der Waals surface area contributed by atoms with Gasteiger partial charge < -0.3 is 14.7 Å². The standard InChI is InChI=1S/C22H33N5/c1-4-12-26(13-5-2)21-18-20(19-10-8-7-9-11-19)23-22(24-21)27-16-14-25(6-3)15-17-27/h7-11,18H,4-6,12-17H2,1-3H3. The third kappa shape index (κ3) is 4.98. The third-order valence-corrected chi connectivity index (χ3v) is 5.18. The molecule has 3 rings (SSSR count). The molecule has 27 heavy (non-hydrogen) atoms. The zero-order valence-electron chi connectivity index (χ0n) is 17.1. The van der Waals surface area contributed by atoms with Crippen molar-refractivity contribution in [1.29, 1.82) is 0 Å². The summed E-state index contributed by atoms with van der Waals surface area (Å²) in [6.45, 7) is 14.0. The molecule has 0 saturated carbocycles. The van der Waals surface area contributed by atoms with E-state index in [9.17, 15) is 0 Å². The van der Waals surface area contributed by atoms with Crippen LogP contribution in [-0.4, -0.2) is 60.7 Å². The Morgan fingerprint density at radius 1 is 0.889 bits per heavy atom. The lowest BCUT2D eigenvalue weighted by Gasteiger charge is -2.34. The highest BCUT2D eigenvalue weighted by atomic mass is 15.3. The summed E-state index contributed by atoms with van der Waals surface area (Å²) in [6, 6.07) is 12.6. The number of aromatic nitrogens is 2. The predicted octanol–water partition coefficient (Wildman–Crippen LogP) is 3.91. The summed E-state index contributed by atoms with van der Waals surface area (Å²) in [5.41, 5.74) is 2.17. The average molecular weight is 368 g/mol. The van der Waals surface area contributed by atoms with Gasteiger partial charge in [-0.05, 0) is 19.4 Å². The van der Waals surface area contributed by atoms with Crippen molar-refractivity contribution < 1.29 is 0 Å². The summed E-state index contributed by atoms with van der Waals surface area (Å²) in [6.07, 6.45) is 2.24. The van der Waals surface area contributed by atoms with Gasteiger partial charge in [0.2, 0.25) is 5.95 Å². The van der Waals surface area contributed by atoms with Crippen LogP contribution >= 0.6 is 0 Å². The molecule has 1 saturated heterocycles. The van der Waals surface area contributed by atoms with Crippen LogP contribution in [0, 0.1) is 0 Å². The average Bonchev–Trinajstić information content (AvgIpc) is 2.74. The molecular formula is C22H33N5. The van der Waals surface area contributed by atoms with Crippen molar-refractivity contribution in [2.24, 2.45) is 0 Å². The molecule has 2 aromatic rings. The zero-order valence-corrected chi connectivity index (χ0v) is 17.1. The molecule has 1 aliphatic heterocycles. The Bertz CT molecular complexity index is 689. The maximum atomic E-state index is 4.99. The van der Waals surface area contributed by atoms with E-state index in [0.717, 1.165) is 81.7 Å². The summed E-state index contributed by atoms with van der Waals surface area (Å²) < 4.78 is 0. The van der Waals surface area contributed by atoms with E-state index in [0.29, 0.717) is 0 Å². The molecule has 1 aliphatic rings. The molecule has 1 aromatic heterocycles. The van der Waals surface area contributed by atoms with Gasteiger partial charge in [0.25, 0.3) is 0 Å². The van der Waals surface area contributed by atoms with Gasteiger partial charge in [-0.25, -0.2) is 4.98 Å². The van der Waals surface area contributed by atoms with Crippen LogP contribution in [0.25, 0.3) is 11.3 Å². The molecule has 0 unspecified atom stereocenters. The van der Waals surface area contributed by atoms with Crippen molar-refractivity contribution in [3.8, 4) is 11.3 Å². The van der Waals surface area contributed by atoms with E-state index in [-0.39, 0.29) is 0 Å². The zero-order chi connectivity index (χ0) is 19.1. The number of nitrogens with zero attached hydrogens (tertiary/aromatic N) is 5. The first-order chi connectivity index (χ1) is 13.2. The molecule has 5 nitrogen and oxygen atoms in total. The van der Waals surface area contributed by atoms with Gasteiger partial charge in [0.15, 0.2) is 0 Å². The number of hydrogen-bond donors (Lipinski definition) is 0. The fraction of sp³-hybridized carbons (Fsp3) is 0.545. The van der Waals surface area contributed by atoms with Crippen molar-refractivity contribution in [3.05, 3.63) is 36.4 Å². The highest BCUT2D eigenvalue weighted by molar-refractivity contribution is 5.65. The van der Waals surface area contributed by atoms with Gasteiger partial charge in [0, 0.05) is 50.9 Å². The SMILES string of the molecule is CCCN(CCC)c1cc(-c2ccccc2)nc(N2CCN(CC)CC2)n1. The largest absolute Gasteiger partial charge is 0.356 e. The fourth-order valence-corrected chi connectivity index (χ4v) is 3.63. The minimum atomic E-state index is 0.874. The van der Waals surface area contributed by atoms with Crippen LogP contribution in [0.1, 0.15) is 33.6 Å². The van der Waals surface area contributed by atoms with Gasteiger partial charge in [-0.2, -0.15) is 4.98 Å². The van der Waals surface area contributed by atoms with E-state index in [4.69, 9.17) is 9.97 Å². The Morgan fingerprint density at radius 3 is 2.15 bits per heavy atom. The fourth-order valence-electron chi connectivity index (χ4n) is 3.63. The molecule has 2 heterocycles. The van der Waals surface area contributed by atoms with E-state index < -0.39 is 0 Å². The van der Waals surface area contributed by atoms with Crippen LogP contribution < -0.4 is 9.80 Å². The van der Waals surface area contributed by atoms with Crippen molar-refractivity contribution in [2.45, 2.75) is 33.6 Å². The predicted molar refractivity (Wildman–Crippen MR) is 115 cm³/mol. The second-order valence-electron chi connectivity index (χ2n) is 7.19. The first kappa shape index (κ1) is 19.6. The molecule has 0 aliphatic carbocycles. The van der Waals surface area contributed by atoms with Crippen molar-refractivity contribution in [3.63, 3.8) is 0 Å².